The highest BCUT2D eigenvalue weighted by atomic mass is 19.1. The van der Waals surface area contributed by atoms with Crippen molar-refractivity contribution in [1.82, 2.24) is 9.80 Å². The van der Waals surface area contributed by atoms with Crippen molar-refractivity contribution in [2.24, 2.45) is 5.92 Å². The molecule has 3 nitrogen and oxygen atoms in total. The molecule has 0 spiro atoms. The van der Waals surface area contributed by atoms with Gasteiger partial charge >= 0.3 is 0 Å². The number of piperidine rings is 2. The van der Waals surface area contributed by atoms with Gasteiger partial charge in [-0.1, -0.05) is 44.2 Å². The van der Waals surface area contributed by atoms with Crippen molar-refractivity contribution >= 4 is 5.69 Å². The number of fused-ring (bicyclic) bond motifs is 1. The quantitative estimate of drug-likeness (QED) is 0.583. The molecule has 0 N–H and O–H groups in total. The number of anilines is 1. The maximum atomic E-state index is 11.9. The predicted octanol–water partition coefficient (Wildman–Crippen LogP) is 5.63. The second kappa shape index (κ2) is 12.0. The van der Waals surface area contributed by atoms with E-state index >= 15 is 0 Å². The van der Waals surface area contributed by atoms with E-state index in [1.807, 2.05) is 0 Å². The summed E-state index contributed by atoms with van der Waals surface area (Å²) in [7, 11) is 0. The molecule has 0 unspecified atom stereocenters. The van der Waals surface area contributed by atoms with Crippen LogP contribution < -0.4 is 4.90 Å². The number of nitrogens with zero attached hydrogens (tertiary/aromatic N) is 3. The van der Waals surface area contributed by atoms with Crippen molar-refractivity contribution in [1.29, 1.82) is 0 Å². The van der Waals surface area contributed by atoms with E-state index in [2.05, 4.69) is 46.7 Å². The van der Waals surface area contributed by atoms with Crippen molar-refractivity contribution in [2.45, 2.75) is 58.4 Å². The van der Waals surface area contributed by atoms with Crippen LogP contribution in [0.4, 0.5) is 10.1 Å². The third kappa shape index (κ3) is 6.58. The molecule has 2 fully saturated rings. The van der Waals surface area contributed by atoms with Crippen molar-refractivity contribution in [3.05, 3.63) is 65.5 Å². The summed E-state index contributed by atoms with van der Waals surface area (Å²) in [5.74, 6) is 0.709. The standard InChI is InChI=1S/C23H37N3.C6H5F/c1-3-24-12-7-19(8-13-24)17-20-5-6-21-9-16-26(23(21)18-20)22-10-14-25(4-2)15-11-22;7-6-4-2-1-3-5-6/h5-6,18-19,22H,3-4,7-17H2,1-2H3;1-5H. The van der Waals surface area contributed by atoms with Crippen LogP contribution >= 0.6 is 0 Å². The average Bonchev–Trinajstić information content (AvgIpc) is 3.29. The zero-order valence-corrected chi connectivity index (χ0v) is 20.7. The van der Waals surface area contributed by atoms with Crippen molar-refractivity contribution in [3.8, 4) is 0 Å². The maximum absolute atomic E-state index is 11.9. The number of rotatable bonds is 5. The smallest absolute Gasteiger partial charge is 0.123 e. The Morgan fingerprint density at radius 1 is 0.788 bits per heavy atom. The predicted molar refractivity (Wildman–Crippen MR) is 138 cm³/mol. The Bertz CT molecular complexity index is 839. The van der Waals surface area contributed by atoms with Crippen molar-refractivity contribution < 1.29 is 4.39 Å². The topological polar surface area (TPSA) is 9.72 Å². The minimum absolute atomic E-state index is 0.178. The number of likely N-dealkylation sites (tertiary alicyclic amines) is 2. The van der Waals surface area contributed by atoms with Crippen molar-refractivity contribution in [3.63, 3.8) is 0 Å². The number of hydrogen-bond acceptors (Lipinski definition) is 3. The van der Waals surface area contributed by atoms with Gasteiger partial charge in [-0.3, -0.25) is 0 Å². The van der Waals surface area contributed by atoms with Crippen LogP contribution in [0.15, 0.2) is 48.5 Å². The molecule has 180 valence electrons. The van der Waals surface area contributed by atoms with E-state index in [9.17, 15) is 4.39 Å². The van der Waals surface area contributed by atoms with Gasteiger partial charge in [0.2, 0.25) is 0 Å². The minimum Gasteiger partial charge on any atom is -0.368 e. The fraction of sp³-hybridized carbons (Fsp3) is 0.586. The molecule has 3 heterocycles. The Labute approximate surface area is 200 Å². The summed E-state index contributed by atoms with van der Waals surface area (Å²) in [5.41, 5.74) is 4.74. The summed E-state index contributed by atoms with van der Waals surface area (Å²) < 4.78 is 11.9. The molecule has 0 saturated carbocycles. The minimum atomic E-state index is -0.178. The Kier molecular flexibility index (Phi) is 8.80. The summed E-state index contributed by atoms with van der Waals surface area (Å²) in [6, 6.07) is 16.1. The molecule has 0 atom stereocenters. The Morgan fingerprint density at radius 3 is 2.00 bits per heavy atom. The Balaban J connectivity index is 0.000000318. The highest BCUT2D eigenvalue weighted by molar-refractivity contribution is 5.60. The monoisotopic (exact) mass is 451 g/mol. The summed E-state index contributed by atoms with van der Waals surface area (Å²) >= 11 is 0. The highest BCUT2D eigenvalue weighted by Crippen LogP contribution is 2.34. The summed E-state index contributed by atoms with van der Waals surface area (Å²) in [5, 5.41) is 0. The largest absolute Gasteiger partial charge is 0.368 e. The van der Waals surface area contributed by atoms with Crippen LogP contribution in [-0.2, 0) is 12.8 Å². The molecule has 0 radical (unpaired) electrons. The molecule has 0 bridgehead atoms. The number of benzene rings is 2. The molecule has 2 aromatic carbocycles. The normalized spacial score (nSPS) is 20.4. The van der Waals surface area contributed by atoms with Gasteiger partial charge in [-0.15, -0.1) is 0 Å². The van der Waals surface area contributed by atoms with Gasteiger partial charge in [0.15, 0.2) is 0 Å². The lowest BCUT2D eigenvalue weighted by molar-refractivity contribution is 0.192. The molecular weight excluding hydrogens is 409 g/mol. The van der Waals surface area contributed by atoms with E-state index in [-0.39, 0.29) is 5.82 Å². The van der Waals surface area contributed by atoms with E-state index in [0.29, 0.717) is 0 Å². The van der Waals surface area contributed by atoms with Crippen LogP contribution in [0.25, 0.3) is 0 Å². The molecule has 0 amide bonds. The van der Waals surface area contributed by atoms with Crippen LogP contribution in [-0.4, -0.2) is 61.7 Å². The molecule has 4 heteroatoms. The van der Waals surface area contributed by atoms with E-state index in [4.69, 9.17) is 0 Å². The third-order valence-corrected chi connectivity index (χ3v) is 7.94. The summed E-state index contributed by atoms with van der Waals surface area (Å²) in [6.07, 6.45) is 7.97. The van der Waals surface area contributed by atoms with Gasteiger partial charge < -0.3 is 14.7 Å². The first-order chi connectivity index (χ1) is 16.2. The molecule has 33 heavy (non-hydrogen) atoms. The van der Waals surface area contributed by atoms with Crippen LogP contribution in [0.2, 0.25) is 0 Å². The lowest BCUT2D eigenvalue weighted by atomic mass is 9.89. The SMILES string of the molecule is CCN1CCC(Cc2ccc3c(c2)N(C2CCN(CC)CC2)CC3)CC1.Fc1ccccc1. The molecular formula is C29H42FN3. The highest BCUT2D eigenvalue weighted by Gasteiger charge is 2.29. The first-order valence-electron chi connectivity index (χ1n) is 13.2. The molecule has 2 saturated heterocycles. The average molecular weight is 452 g/mol. The molecule has 0 aliphatic carbocycles. The van der Waals surface area contributed by atoms with E-state index in [1.165, 1.54) is 96.5 Å². The van der Waals surface area contributed by atoms with Gasteiger partial charge in [0.25, 0.3) is 0 Å². The fourth-order valence-electron chi connectivity index (χ4n) is 5.76. The lowest BCUT2D eigenvalue weighted by Gasteiger charge is -2.38. The first-order valence-corrected chi connectivity index (χ1v) is 13.2. The van der Waals surface area contributed by atoms with Gasteiger partial charge in [-0.25, -0.2) is 4.39 Å². The van der Waals surface area contributed by atoms with Gasteiger partial charge in [0, 0.05) is 31.4 Å². The van der Waals surface area contributed by atoms with Gasteiger partial charge in [-0.2, -0.15) is 0 Å². The van der Waals surface area contributed by atoms with Gasteiger partial charge in [0.1, 0.15) is 5.82 Å². The van der Waals surface area contributed by atoms with Gasteiger partial charge in [0.05, 0.1) is 0 Å². The van der Waals surface area contributed by atoms with E-state index in [0.717, 1.165) is 12.0 Å². The summed E-state index contributed by atoms with van der Waals surface area (Å²) in [6.45, 7) is 13.4. The second-order valence-corrected chi connectivity index (χ2v) is 9.95. The maximum Gasteiger partial charge on any atom is 0.123 e. The van der Waals surface area contributed by atoms with Crippen LogP contribution in [0.3, 0.4) is 0 Å². The molecule has 0 aromatic heterocycles. The lowest BCUT2D eigenvalue weighted by Crippen LogP contribution is -2.44. The molecule has 3 aliphatic rings. The molecule has 2 aromatic rings. The van der Waals surface area contributed by atoms with Gasteiger partial charge in [-0.05, 0) is 99.9 Å². The van der Waals surface area contributed by atoms with Crippen LogP contribution in [0.1, 0.15) is 50.7 Å². The third-order valence-electron chi connectivity index (χ3n) is 7.94. The molecule has 5 rings (SSSR count). The fourth-order valence-corrected chi connectivity index (χ4v) is 5.76. The van der Waals surface area contributed by atoms with Crippen LogP contribution in [0.5, 0.6) is 0 Å². The van der Waals surface area contributed by atoms with Crippen LogP contribution in [0, 0.1) is 11.7 Å². The Hall–Kier alpha value is -1.91. The van der Waals surface area contributed by atoms with Crippen molar-refractivity contribution in [2.75, 3.05) is 50.7 Å². The Morgan fingerprint density at radius 2 is 1.42 bits per heavy atom. The van der Waals surface area contributed by atoms with E-state index < -0.39 is 0 Å². The molecule has 3 aliphatic heterocycles. The van der Waals surface area contributed by atoms with E-state index in [1.54, 1.807) is 35.0 Å². The zero-order chi connectivity index (χ0) is 23.0. The first kappa shape index (κ1) is 24.2. The summed E-state index contributed by atoms with van der Waals surface area (Å²) in [4.78, 5) is 7.96. The number of halogens is 1. The number of hydrogen-bond donors (Lipinski definition) is 0. The zero-order valence-electron chi connectivity index (χ0n) is 20.7. The second-order valence-electron chi connectivity index (χ2n) is 9.95.